The molecule has 1 N–H and O–H groups in total. The molecule has 0 aromatic rings. The van der Waals surface area contributed by atoms with Gasteiger partial charge in [-0.15, -0.1) is 0 Å². The Balaban J connectivity index is 1.63. The molecule has 0 aromatic heterocycles. The zero-order valence-electron chi connectivity index (χ0n) is 15.6. The topological polar surface area (TPSA) is 55.4 Å². The van der Waals surface area contributed by atoms with Crippen LogP contribution in [0, 0.1) is 17.3 Å². The number of fused-ring (bicyclic) bond motifs is 5. The first-order chi connectivity index (χ1) is 11.8. The van der Waals surface area contributed by atoms with Crippen molar-refractivity contribution >= 4 is 11.9 Å². The largest absolute Gasteiger partial charge is 0.462 e. The number of hydrogen-bond acceptors (Lipinski definition) is 3. The van der Waals surface area contributed by atoms with Crippen LogP contribution in [0.15, 0.2) is 23.3 Å². The van der Waals surface area contributed by atoms with Crippen molar-refractivity contribution in [2.75, 3.05) is 0 Å². The van der Waals surface area contributed by atoms with Gasteiger partial charge in [0.2, 0.25) is 5.91 Å². The molecular formula is C21H29NO3. The van der Waals surface area contributed by atoms with E-state index in [-0.39, 0.29) is 28.9 Å². The summed E-state index contributed by atoms with van der Waals surface area (Å²) < 4.78 is 5.49. The minimum Gasteiger partial charge on any atom is -0.462 e. The normalized spacial score (nSPS) is 42.8. The molecule has 0 unspecified atom stereocenters. The second-order valence-electron chi connectivity index (χ2n) is 8.90. The molecule has 0 radical (unpaired) electrons. The molecule has 3 aliphatic carbocycles. The zero-order chi connectivity index (χ0) is 17.8. The number of esters is 1. The summed E-state index contributed by atoms with van der Waals surface area (Å²) in [5, 5.41) is 3.28. The molecule has 3 fully saturated rings. The van der Waals surface area contributed by atoms with Crippen LogP contribution in [0.2, 0.25) is 0 Å². The number of ether oxygens (including phenoxy) is 1. The van der Waals surface area contributed by atoms with Crippen molar-refractivity contribution in [3.8, 4) is 0 Å². The smallest absolute Gasteiger partial charge is 0.302 e. The van der Waals surface area contributed by atoms with E-state index < -0.39 is 0 Å². The van der Waals surface area contributed by atoms with Gasteiger partial charge in [-0.25, -0.2) is 0 Å². The third kappa shape index (κ3) is 2.65. The second kappa shape index (κ2) is 5.72. The fourth-order valence-corrected chi connectivity index (χ4v) is 6.00. The van der Waals surface area contributed by atoms with E-state index in [4.69, 9.17) is 4.74 Å². The van der Waals surface area contributed by atoms with Gasteiger partial charge in [0.05, 0.1) is 0 Å². The van der Waals surface area contributed by atoms with Crippen LogP contribution in [0.5, 0.6) is 0 Å². The second-order valence-corrected chi connectivity index (χ2v) is 8.90. The van der Waals surface area contributed by atoms with Crippen molar-refractivity contribution in [3.05, 3.63) is 23.3 Å². The Morgan fingerprint density at radius 3 is 2.72 bits per heavy atom. The molecule has 0 spiro atoms. The van der Waals surface area contributed by atoms with Crippen LogP contribution < -0.4 is 5.32 Å². The summed E-state index contributed by atoms with van der Waals surface area (Å²) in [6.45, 7) is 6.13. The maximum Gasteiger partial charge on any atom is 0.302 e. The van der Waals surface area contributed by atoms with Crippen LogP contribution >= 0.6 is 0 Å². The number of carbonyl (C=O) groups excluding carboxylic acids is 2. The van der Waals surface area contributed by atoms with E-state index in [1.165, 1.54) is 12.5 Å². The first-order valence-corrected chi connectivity index (χ1v) is 9.71. The molecule has 25 heavy (non-hydrogen) atoms. The summed E-state index contributed by atoms with van der Waals surface area (Å²) >= 11 is 0. The van der Waals surface area contributed by atoms with E-state index in [0.717, 1.165) is 38.5 Å². The lowest BCUT2D eigenvalue weighted by atomic mass is 9.51. The molecule has 1 heterocycles. The summed E-state index contributed by atoms with van der Waals surface area (Å²) in [5.41, 5.74) is 3.10. The summed E-state index contributed by atoms with van der Waals surface area (Å²) in [6, 6.07) is 0. The molecule has 136 valence electrons. The minimum atomic E-state index is -0.173. The summed E-state index contributed by atoms with van der Waals surface area (Å²) in [6.07, 6.45) is 11.4. The van der Waals surface area contributed by atoms with E-state index in [2.05, 4.69) is 31.3 Å². The first kappa shape index (κ1) is 16.9. The van der Waals surface area contributed by atoms with Crippen molar-refractivity contribution in [1.82, 2.24) is 5.32 Å². The van der Waals surface area contributed by atoms with Gasteiger partial charge in [-0.3, -0.25) is 9.59 Å². The molecule has 1 amide bonds. The third-order valence-corrected chi connectivity index (χ3v) is 7.36. The van der Waals surface area contributed by atoms with Crippen molar-refractivity contribution in [1.29, 1.82) is 0 Å². The predicted molar refractivity (Wildman–Crippen MR) is 95.7 cm³/mol. The van der Waals surface area contributed by atoms with Crippen LogP contribution in [0.4, 0.5) is 0 Å². The summed E-state index contributed by atoms with van der Waals surface area (Å²) in [7, 11) is 0. The standard InChI is InChI=1S/C21H29NO3/c1-13(23)25-15-8-10-20(2)14(12-15)4-5-16-17(20)9-11-21(3)18(16)6-7-19(24)22-21/h4-5,15,17-18H,6-12H2,1-3H3,(H,22,24)/t15-,17-,18-,20+,21-/m1/s1. The van der Waals surface area contributed by atoms with Gasteiger partial charge >= 0.3 is 5.97 Å². The fourth-order valence-electron chi connectivity index (χ4n) is 6.00. The van der Waals surface area contributed by atoms with Crippen LogP contribution in [0.25, 0.3) is 0 Å². The SMILES string of the molecule is CC(=O)O[C@@H]1CC[C@@]2(C)C(=CC=C3[C@H]4CCC(=O)N[C@]4(C)CC[C@H]32)C1. The number of allylic oxidation sites excluding steroid dienone is 2. The Morgan fingerprint density at radius 2 is 1.96 bits per heavy atom. The summed E-state index contributed by atoms with van der Waals surface area (Å²) in [5.74, 6) is 1.06. The van der Waals surface area contributed by atoms with Crippen molar-refractivity contribution < 1.29 is 14.3 Å². The average molecular weight is 343 g/mol. The lowest BCUT2D eigenvalue weighted by Gasteiger charge is -2.56. The predicted octanol–water partition coefficient (Wildman–Crippen LogP) is 3.67. The lowest BCUT2D eigenvalue weighted by molar-refractivity contribution is -0.148. The number of hydrogen-bond donors (Lipinski definition) is 1. The van der Waals surface area contributed by atoms with Gasteiger partial charge in [0.1, 0.15) is 6.10 Å². The van der Waals surface area contributed by atoms with Gasteiger partial charge < -0.3 is 10.1 Å². The Labute approximate surface area is 150 Å². The maximum atomic E-state index is 11.9. The Bertz CT molecular complexity index is 679. The Kier molecular flexibility index (Phi) is 3.86. The van der Waals surface area contributed by atoms with Crippen LogP contribution in [-0.2, 0) is 14.3 Å². The average Bonchev–Trinajstić information content (AvgIpc) is 2.53. The molecule has 0 bridgehead atoms. The quantitative estimate of drug-likeness (QED) is 0.739. The number of piperidine rings is 1. The highest BCUT2D eigenvalue weighted by atomic mass is 16.5. The maximum absolute atomic E-state index is 11.9. The molecule has 1 aliphatic heterocycles. The molecule has 4 heteroatoms. The van der Waals surface area contributed by atoms with Gasteiger partial charge in [0.25, 0.3) is 0 Å². The van der Waals surface area contributed by atoms with E-state index >= 15 is 0 Å². The van der Waals surface area contributed by atoms with Crippen molar-refractivity contribution in [2.24, 2.45) is 17.3 Å². The van der Waals surface area contributed by atoms with Gasteiger partial charge in [0, 0.05) is 31.2 Å². The third-order valence-electron chi connectivity index (χ3n) is 7.36. The Hall–Kier alpha value is -1.58. The molecule has 5 atom stereocenters. The number of nitrogens with one attached hydrogen (secondary N) is 1. The monoisotopic (exact) mass is 343 g/mol. The van der Waals surface area contributed by atoms with E-state index in [1.54, 1.807) is 5.57 Å². The highest BCUT2D eigenvalue weighted by Gasteiger charge is 2.53. The summed E-state index contributed by atoms with van der Waals surface area (Å²) in [4.78, 5) is 23.2. The van der Waals surface area contributed by atoms with E-state index in [1.807, 2.05) is 0 Å². The van der Waals surface area contributed by atoms with Gasteiger partial charge in [-0.1, -0.05) is 30.2 Å². The zero-order valence-corrected chi connectivity index (χ0v) is 15.6. The molecule has 2 saturated carbocycles. The van der Waals surface area contributed by atoms with E-state index in [0.29, 0.717) is 18.3 Å². The molecule has 4 rings (SSSR count). The van der Waals surface area contributed by atoms with Crippen molar-refractivity contribution in [3.63, 3.8) is 0 Å². The van der Waals surface area contributed by atoms with Gasteiger partial charge in [0.15, 0.2) is 0 Å². The highest BCUT2D eigenvalue weighted by molar-refractivity contribution is 5.78. The Morgan fingerprint density at radius 1 is 1.16 bits per heavy atom. The molecule has 4 nitrogen and oxygen atoms in total. The molecular weight excluding hydrogens is 314 g/mol. The molecule has 4 aliphatic rings. The number of rotatable bonds is 1. The molecule has 1 saturated heterocycles. The number of amides is 1. The highest BCUT2D eigenvalue weighted by Crippen LogP contribution is 2.59. The van der Waals surface area contributed by atoms with E-state index in [9.17, 15) is 9.59 Å². The molecule has 0 aromatic carbocycles. The first-order valence-electron chi connectivity index (χ1n) is 9.71. The number of carbonyl (C=O) groups is 2. The van der Waals surface area contributed by atoms with Crippen LogP contribution in [-0.4, -0.2) is 23.5 Å². The lowest BCUT2D eigenvalue weighted by Crippen LogP contribution is -2.60. The van der Waals surface area contributed by atoms with Gasteiger partial charge in [-0.2, -0.15) is 0 Å². The van der Waals surface area contributed by atoms with Crippen molar-refractivity contribution in [2.45, 2.75) is 77.4 Å². The fraction of sp³-hybridized carbons (Fsp3) is 0.714. The minimum absolute atomic E-state index is 0.0367. The van der Waals surface area contributed by atoms with Gasteiger partial charge in [-0.05, 0) is 50.4 Å². The van der Waals surface area contributed by atoms with Crippen LogP contribution in [0.1, 0.15) is 65.7 Å². The van der Waals surface area contributed by atoms with Crippen LogP contribution in [0.3, 0.4) is 0 Å².